The largest absolute Gasteiger partial charge is 0.488 e. The first-order chi connectivity index (χ1) is 13.6. The molecule has 0 aliphatic carbocycles. The van der Waals surface area contributed by atoms with Gasteiger partial charge in [-0.2, -0.15) is 0 Å². The minimum atomic E-state index is 0. The molecule has 6 nitrogen and oxygen atoms in total. The van der Waals surface area contributed by atoms with Crippen LogP contribution in [-0.2, 0) is 13.0 Å². The monoisotopic (exact) mass is 508 g/mol. The molecule has 156 valence electrons. The summed E-state index contributed by atoms with van der Waals surface area (Å²) in [4.78, 5) is 18.2. The molecule has 2 aromatic rings. The first-order valence-corrected chi connectivity index (χ1v) is 9.64. The van der Waals surface area contributed by atoms with Gasteiger partial charge in [-0.3, -0.25) is 4.79 Å². The van der Waals surface area contributed by atoms with Gasteiger partial charge in [-0.15, -0.1) is 24.0 Å². The Bertz CT molecular complexity index is 812. The van der Waals surface area contributed by atoms with Crippen LogP contribution in [0.4, 0.5) is 0 Å². The highest BCUT2D eigenvalue weighted by Gasteiger charge is 2.22. The van der Waals surface area contributed by atoms with Crippen molar-refractivity contribution in [3.8, 4) is 5.75 Å². The summed E-state index contributed by atoms with van der Waals surface area (Å²) < 4.78 is 5.97. The number of carbonyl (C=O) groups excluding carboxylic acids is 1. The van der Waals surface area contributed by atoms with E-state index in [9.17, 15) is 4.79 Å². The highest BCUT2D eigenvalue weighted by molar-refractivity contribution is 14.0. The van der Waals surface area contributed by atoms with Crippen LogP contribution in [0.2, 0.25) is 0 Å². The number of para-hydroxylation sites is 1. The van der Waals surface area contributed by atoms with E-state index in [0.717, 1.165) is 30.2 Å². The lowest BCUT2D eigenvalue weighted by molar-refractivity contribution is 0.0827. The van der Waals surface area contributed by atoms with Crippen molar-refractivity contribution in [3.63, 3.8) is 0 Å². The number of benzene rings is 2. The van der Waals surface area contributed by atoms with Crippen LogP contribution in [0.5, 0.6) is 5.75 Å². The van der Waals surface area contributed by atoms with Crippen LogP contribution in [0, 0.1) is 0 Å². The molecule has 7 heteroatoms. The summed E-state index contributed by atoms with van der Waals surface area (Å²) in [6.45, 7) is 4.06. The molecule has 29 heavy (non-hydrogen) atoms. The lowest BCUT2D eigenvalue weighted by Gasteiger charge is -2.15. The normalized spacial score (nSPS) is 15.0. The molecule has 1 atom stereocenters. The number of guanidine groups is 1. The molecule has 0 saturated carbocycles. The number of halogens is 1. The van der Waals surface area contributed by atoms with E-state index in [1.54, 1.807) is 19.0 Å². The molecule has 1 aliphatic rings. The number of amides is 1. The Kier molecular flexibility index (Phi) is 8.75. The Hall–Kier alpha value is -2.29. The Labute approximate surface area is 189 Å². The number of nitrogens with zero attached hydrogens (tertiary/aromatic N) is 2. The molecule has 1 aliphatic heterocycles. The SMILES string of the molecule is CCNC(=NCc1ccc(C(=O)N(C)C)cc1)NCC1Cc2ccccc2O1.I. The van der Waals surface area contributed by atoms with E-state index in [1.807, 2.05) is 49.4 Å². The van der Waals surface area contributed by atoms with Crippen LogP contribution in [0.3, 0.4) is 0 Å². The van der Waals surface area contributed by atoms with Gasteiger partial charge < -0.3 is 20.3 Å². The van der Waals surface area contributed by atoms with Gasteiger partial charge in [0.2, 0.25) is 0 Å². The summed E-state index contributed by atoms with van der Waals surface area (Å²) in [6, 6.07) is 15.7. The lowest BCUT2D eigenvalue weighted by Crippen LogP contribution is -2.42. The van der Waals surface area contributed by atoms with Crippen LogP contribution < -0.4 is 15.4 Å². The third-order valence-corrected chi connectivity index (χ3v) is 4.58. The van der Waals surface area contributed by atoms with Crippen molar-refractivity contribution in [1.29, 1.82) is 0 Å². The zero-order chi connectivity index (χ0) is 19.9. The van der Waals surface area contributed by atoms with Gasteiger partial charge in [0.15, 0.2) is 5.96 Å². The van der Waals surface area contributed by atoms with Gasteiger partial charge in [0, 0.05) is 32.6 Å². The average Bonchev–Trinajstić information content (AvgIpc) is 3.13. The highest BCUT2D eigenvalue weighted by Crippen LogP contribution is 2.27. The fourth-order valence-electron chi connectivity index (χ4n) is 3.10. The number of fused-ring (bicyclic) bond motifs is 1. The van der Waals surface area contributed by atoms with Gasteiger partial charge in [0.25, 0.3) is 5.91 Å². The highest BCUT2D eigenvalue weighted by atomic mass is 127. The maximum atomic E-state index is 12.0. The van der Waals surface area contributed by atoms with Gasteiger partial charge in [0.05, 0.1) is 13.1 Å². The Morgan fingerprint density at radius 3 is 2.52 bits per heavy atom. The van der Waals surface area contributed by atoms with Crippen molar-refractivity contribution in [3.05, 3.63) is 65.2 Å². The van der Waals surface area contributed by atoms with Crippen molar-refractivity contribution in [2.24, 2.45) is 4.99 Å². The predicted octanol–water partition coefficient (Wildman–Crippen LogP) is 3.07. The lowest BCUT2D eigenvalue weighted by atomic mass is 10.1. The molecule has 0 radical (unpaired) electrons. The van der Waals surface area contributed by atoms with E-state index >= 15 is 0 Å². The number of nitrogens with one attached hydrogen (secondary N) is 2. The molecule has 1 amide bonds. The third-order valence-electron chi connectivity index (χ3n) is 4.58. The van der Waals surface area contributed by atoms with Gasteiger partial charge in [0.1, 0.15) is 11.9 Å². The quantitative estimate of drug-likeness (QED) is 0.358. The van der Waals surface area contributed by atoms with E-state index in [4.69, 9.17) is 4.74 Å². The summed E-state index contributed by atoms with van der Waals surface area (Å²) in [7, 11) is 3.50. The molecule has 0 spiro atoms. The summed E-state index contributed by atoms with van der Waals surface area (Å²) in [5, 5.41) is 6.63. The number of carbonyl (C=O) groups is 1. The second-order valence-corrected chi connectivity index (χ2v) is 7.02. The fourth-order valence-corrected chi connectivity index (χ4v) is 3.10. The zero-order valence-electron chi connectivity index (χ0n) is 17.1. The first-order valence-electron chi connectivity index (χ1n) is 9.64. The van der Waals surface area contributed by atoms with Gasteiger partial charge >= 0.3 is 0 Å². The van der Waals surface area contributed by atoms with E-state index in [-0.39, 0.29) is 36.0 Å². The van der Waals surface area contributed by atoms with Crippen molar-refractivity contribution < 1.29 is 9.53 Å². The predicted molar refractivity (Wildman–Crippen MR) is 127 cm³/mol. The van der Waals surface area contributed by atoms with Gasteiger partial charge in [-0.05, 0) is 36.2 Å². The molecule has 3 rings (SSSR count). The van der Waals surface area contributed by atoms with Crippen molar-refractivity contribution in [2.75, 3.05) is 27.2 Å². The van der Waals surface area contributed by atoms with Crippen LogP contribution in [0.15, 0.2) is 53.5 Å². The molecule has 2 N–H and O–H groups in total. The zero-order valence-corrected chi connectivity index (χ0v) is 19.5. The molecule has 1 heterocycles. The Balaban J connectivity index is 0.00000300. The van der Waals surface area contributed by atoms with Gasteiger partial charge in [-0.1, -0.05) is 30.3 Å². The Morgan fingerprint density at radius 2 is 1.86 bits per heavy atom. The molecule has 0 fully saturated rings. The number of rotatable bonds is 6. The maximum Gasteiger partial charge on any atom is 0.253 e. The minimum Gasteiger partial charge on any atom is -0.488 e. The first kappa shape index (κ1) is 23.0. The topological polar surface area (TPSA) is 66.0 Å². The summed E-state index contributed by atoms with van der Waals surface area (Å²) in [6.07, 6.45) is 1.02. The molecule has 2 aromatic carbocycles. The van der Waals surface area contributed by atoms with Crippen LogP contribution in [-0.4, -0.2) is 50.1 Å². The molecule has 0 aromatic heterocycles. The molecule has 0 saturated heterocycles. The smallest absolute Gasteiger partial charge is 0.253 e. The molecule has 0 bridgehead atoms. The van der Waals surface area contributed by atoms with Crippen LogP contribution >= 0.6 is 24.0 Å². The second-order valence-electron chi connectivity index (χ2n) is 7.02. The van der Waals surface area contributed by atoms with Crippen molar-refractivity contribution in [1.82, 2.24) is 15.5 Å². The summed E-state index contributed by atoms with van der Waals surface area (Å²) >= 11 is 0. The van der Waals surface area contributed by atoms with Crippen molar-refractivity contribution in [2.45, 2.75) is 26.0 Å². The minimum absolute atomic E-state index is 0. The Morgan fingerprint density at radius 1 is 1.14 bits per heavy atom. The summed E-state index contributed by atoms with van der Waals surface area (Å²) in [5.41, 5.74) is 2.99. The maximum absolute atomic E-state index is 12.0. The van der Waals surface area contributed by atoms with E-state index in [1.165, 1.54) is 5.56 Å². The molecule has 1 unspecified atom stereocenters. The molecular weight excluding hydrogens is 479 g/mol. The summed E-state index contributed by atoms with van der Waals surface area (Å²) in [5.74, 6) is 1.74. The van der Waals surface area contributed by atoms with Crippen LogP contribution in [0.25, 0.3) is 0 Å². The standard InChI is InChI=1S/C22H28N4O2.HI/c1-4-23-22(25-15-19-13-18-7-5-6-8-20(18)28-19)24-14-16-9-11-17(12-10-16)21(27)26(2)3;/h5-12,19H,4,13-15H2,1-3H3,(H2,23,24,25);1H. The molecular formula is C22H29IN4O2. The number of ether oxygens (including phenoxy) is 1. The van der Waals surface area contributed by atoms with E-state index in [2.05, 4.69) is 21.7 Å². The second kappa shape index (κ2) is 11.0. The number of hydrogen-bond acceptors (Lipinski definition) is 3. The van der Waals surface area contributed by atoms with Crippen molar-refractivity contribution >= 4 is 35.8 Å². The fraction of sp³-hybridized carbons (Fsp3) is 0.364. The number of hydrogen-bond donors (Lipinski definition) is 2. The van der Waals surface area contributed by atoms with Crippen LogP contribution in [0.1, 0.15) is 28.4 Å². The van der Waals surface area contributed by atoms with E-state index in [0.29, 0.717) is 18.7 Å². The van der Waals surface area contributed by atoms with Gasteiger partial charge in [-0.25, -0.2) is 4.99 Å². The van der Waals surface area contributed by atoms with E-state index < -0.39 is 0 Å². The number of aliphatic imine (C=N–C) groups is 1. The average molecular weight is 508 g/mol. The third kappa shape index (κ3) is 6.35.